The molecule has 7 heteroatoms. The third-order valence-corrected chi connectivity index (χ3v) is 4.57. The Morgan fingerprint density at radius 1 is 1.62 bits per heavy atom. The van der Waals surface area contributed by atoms with Gasteiger partial charge >= 0.3 is 0 Å². The smallest absolute Gasteiger partial charge is 0.260 e. The van der Waals surface area contributed by atoms with Gasteiger partial charge in [0.1, 0.15) is 0 Å². The van der Waals surface area contributed by atoms with Crippen molar-refractivity contribution in [3.63, 3.8) is 0 Å². The molecule has 2 N–H and O–H groups in total. The van der Waals surface area contributed by atoms with Gasteiger partial charge < -0.3 is 5.11 Å². The maximum absolute atomic E-state index is 12.1. The SMILES string of the molecule is CN(CC1CC1)S(=O)(=O)c1[nH]ncc1CO. The zero-order valence-electron chi connectivity index (χ0n) is 9.05. The molecular formula is C9H15N3O3S. The number of aromatic nitrogens is 2. The molecule has 0 aromatic carbocycles. The fourth-order valence-corrected chi connectivity index (χ4v) is 2.89. The second kappa shape index (κ2) is 4.15. The van der Waals surface area contributed by atoms with Crippen molar-refractivity contribution >= 4 is 10.0 Å². The van der Waals surface area contributed by atoms with Gasteiger partial charge in [0.15, 0.2) is 5.03 Å². The summed E-state index contributed by atoms with van der Waals surface area (Å²) in [5.74, 6) is 0.486. The van der Waals surface area contributed by atoms with Crippen LogP contribution in [-0.2, 0) is 16.6 Å². The van der Waals surface area contributed by atoms with Crippen molar-refractivity contribution in [3.05, 3.63) is 11.8 Å². The van der Waals surface area contributed by atoms with E-state index in [4.69, 9.17) is 5.11 Å². The zero-order valence-corrected chi connectivity index (χ0v) is 9.87. The Hall–Kier alpha value is -0.920. The van der Waals surface area contributed by atoms with E-state index in [1.807, 2.05) is 0 Å². The van der Waals surface area contributed by atoms with E-state index in [1.54, 1.807) is 7.05 Å². The normalized spacial score (nSPS) is 16.9. The minimum atomic E-state index is -3.54. The van der Waals surface area contributed by atoms with Gasteiger partial charge in [-0.25, -0.2) is 8.42 Å². The van der Waals surface area contributed by atoms with Gasteiger partial charge in [-0.05, 0) is 18.8 Å². The summed E-state index contributed by atoms with van der Waals surface area (Å²) in [7, 11) is -1.99. The minimum Gasteiger partial charge on any atom is -0.392 e. The summed E-state index contributed by atoms with van der Waals surface area (Å²) in [6.45, 7) is 0.203. The molecule has 0 amide bonds. The predicted octanol–water partition coefficient (Wildman–Crippen LogP) is -0.0675. The zero-order chi connectivity index (χ0) is 11.8. The quantitative estimate of drug-likeness (QED) is 0.760. The third kappa shape index (κ3) is 2.11. The molecule has 1 fully saturated rings. The summed E-state index contributed by atoms with van der Waals surface area (Å²) in [6, 6.07) is 0. The van der Waals surface area contributed by atoms with Gasteiger partial charge in [0.05, 0.1) is 12.8 Å². The molecule has 1 heterocycles. The summed E-state index contributed by atoms with van der Waals surface area (Å²) >= 11 is 0. The summed E-state index contributed by atoms with van der Waals surface area (Å²) in [5.41, 5.74) is 0.308. The number of hydrogen-bond donors (Lipinski definition) is 2. The molecule has 0 aliphatic heterocycles. The van der Waals surface area contributed by atoms with Crippen LogP contribution in [0.2, 0.25) is 0 Å². The lowest BCUT2D eigenvalue weighted by Crippen LogP contribution is -2.29. The number of aliphatic hydroxyl groups excluding tert-OH is 1. The van der Waals surface area contributed by atoms with E-state index in [0.717, 1.165) is 12.8 Å². The fraction of sp³-hybridized carbons (Fsp3) is 0.667. The average Bonchev–Trinajstić information content (AvgIpc) is 2.92. The second-order valence-corrected chi connectivity index (χ2v) is 6.09. The van der Waals surface area contributed by atoms with E-state index in [9.17, 15) is 8.42 Å². The van der Waals surface area contributed by atoms with Gasteiger partial charge in [0.2, 0.25) is 0 Å². The van der Waals surface area contributed by atoms with E-state index in [0.29, 0.717) is 18.0 Å². The molecule has 0 radical (unpaired) electrons. The second-order valence-electron chi connectivity index (χ2n) is 4.11. The Morgan fingerprint density at radius 3 is 2.88 bits per heavy atom. The minimum absolute atomic E-state index is 0.00171. The number of aromatic amines is 1. The molecule has 1 aliphatic rings. The van der Waals surface area contributed by atoms with Gasteiger partial charge in [0.25, 0.3) is 10.0 Å². The van der Waals surface area contributed by atoms with Gasteiger partial charge in [-0.2, -0.15) is 9.40 Å². The highest BCUT2D eigenvalue weighted by molar-refractivity contribution is 7.89. The van der Waals surface area contributed by atoms with Crippen molar-refractivity contribution in [2.24, 2.45) is 5.92 Å². The number of H-pyrrole nitrogens is 1. The molecule has 1 aromatic heterocycles. The highest BCUT2D eigenvalue weighted by atomic mass is 32.2. The molecular weight excluding hydrogens is 230 g/mol. The lowest BCUT2D eigenvalue weighted by atomic mass is 10.4. The number of sulfonamides is 1. The third-order valence-electron chi connectivity index (χ3n) is 2.73. The van der Waals surface area contributed by atoms with Crippen LogP contribution in [0, 0.1) is 5.92 Å². The van der Waals surface area contributed by atoms with Crippen LogP contribution in [0.3, 0.4) is 0 Å². The lowest BCUT2D eigenvalue weighted by molar-refractivity contribution is 0.278. The van der Waals surface area contributed by atoms with Crippen molar-refractivity contribution in [3.8, 4) is 0 Å². The number of nitrogens with zero attached hydrogens (tertiary/aromatic N) is 2. The maximum Gasteiger partial charge on any atom is 0.260 e. The van der Waals surface area contributed by atoms with Gasteiger partial charge in [-0.1, -0.05) is 0 Å². The first-order valence-electron chi connectivity index (χ1n) is 5.15. The molecule has 0 spiro atoms. The Balaban J connectivity index is 2.23. The van der Waals surface area contributed by atoms with Gasteiger partial charge in [-0.3, -0.25) is 5.10 Å². The molecule has 16 heavy (non-hydrogen) atoms. The average molecular weight is 245 g/mol. The summed E-state index contributed by atoms with van der Waals surface area (Å²) < 4.78 is 25.5. The van der Waals surface area contributed by atoms with Gasteiger partial charge in [-0.15, -0.1) is 0 Å². The number of rotatable bonds is 5. The largest absolute Gasteiger partial charge is 0.392 e. The standard InChI is InChI=1S/C9H15N3O3S/c1-12(5-7-2-3-7)16(14,15)9-8(6-13)4-10-11-9/h4,7,13H,2-3,5-6H2,1H3,(H,10,11). The Morgan fingerprint density at radius 2 is 2.31 bits per heavy atom. The predicted molar refractivity (Wildman–Crippen MR) is 57.1 cm³/mol. The molecule has 0 bridgehead atoms. The Kier molecular flexibility index (Phi) is 3.00. The molecule has 0 atom stereocenters. The van der Waals surface area contributed by atoms with Crippen LogP contribution in [-0.4, -0.2) is 41.6 Å². The topological polar surface area (TPSA) is 86.3 Å². The highest BCUT2D eigenvalue weighted by Crippen LogP contribution is 2.31. The van der Waals surface area contributed by atoms with Crippen molar-refractivity contribution in [2.75, 3.05) is 13.6 Å². The molecule has 6 nitrogen and oxygen atoms in total. The maximum atomic E-state index is 12.1. The number of hydrogen-bond acceptors (Lipinski definition) is 4. The summed E-state index contributed by atoms with van der Waals surface area (Å²) in [4.78, 5) is 0. The summed E-state index contributed by atoms with van der Waals surface area (Å²) in [6.07, 6.45) is 3.52. The fourth-order valence-electron chi connectivity index (χ4n) is 1.55. The summed E-state index contributed by atoms with van der Waals surface area (Å²) in [5, 5.41) is 15.1. The van der Waals surface area contributed by atoms with Crippen LogP contribution in [0.1, 0.15) is 18.4 Å². The van der Waals surface area contributed by atoms with Crippen LogP contribution in [0.25, 0.3) is 0 Å². The number of nitrogens with one attached hydrogen (secondary N) is 1. The highest BCUT2D eigenvalue weighted by Gasteiger charge is 2.31. The molecule has 1 aliphatic carbocycles. The van der Waals surface area contributed by atoms with Crippen LogP contribution >= 0.6 is 0 Å². The lowest BCUT2D eigenvalue weighted by Gasteiger charge is -2.16. The molecule has 1 aromatic rings. The van der Waals surface area contributed by atoms with Crippen LogP contribution in [0.4, 0.5) is 0 Å². The molecule has 90 valence electrons. The van der Waals surface area contributed by atoms with Gasteiger partial charge in [0, 0.05) is 19.2 Å². The molecule has 1 saturated carbocycles. The molecule has 0 saturated heterocycles. The first kappa shape index (κ1) is 11.6. The Bertz CT molecular complexity index is 464. The first-order chi connectivity index (χ1) is 7.55. The van der Waals surface area contributed by atoms with Crippen molar-refractivity contribution in [1.82, 2.24) is 14.5 Å². The molecule has 0 unspecified atom stereocenters. The van der Waals surface area contributed by atoms with Crippen LogP contribution in [0.15, 0.2) is 11.2 Å². The Labute approximate surface area is 94.3 Å². The van der Waals surface area contributed by atoms with Crippen molar-refractivity contribution in [2.45, 2.75) is 24.5 Å². The van der Waals surface area contributed by atoms with Crippen LogP contribution in [0.5, 0.6) is 0 Å². The van der Waals surface area contributed by atoms with E-state index in [2.05, 4.69) is 10.2 Å². The van der Waals surface area contributed by atoms with Crippen molar-refractivity contribution in [1.29, 1.82) is 0 Å². The van der Waals surface area contributed by atoms with E-state index >= 15 is 0 Å². The van der Waals surface area contributed by atoms with E-state index < -0.39 is 10.0 Å². The first-order valence-corrected chi connectivity index (χ1v) is 6.59. The van der Waals surface area contributed by atoms with Crippen LogP contribution < -0.4 is 0 Å². The molecule has 2 rings (SSSR count). The van der Waals surface area contributed by atoms with E-state index in [1.165, 1.54) is 10.5 Å². The van der Waals surface area contributed by atoms with Crippen molar-refractivity contribution < 1.29 is 13.5 Å². The van der Waals surface area contributed by atoms with E-state index in [-0.39, 0.29) is 11.6 Å². The number of aliphatic hydroxyl groups is 1. The monoisotopic (exact) mass is 245 g/mol.